The maximum absolute atomic E-state index is 13.0. The fourth-order valence-electron chi connectivity index (χ4n) is 3.93. The summed E-state index contributed by atoms with van der Waals surface area (Å²) < 4.78 is 5.94. The lowest BCUT2D eigenvalue weighted by Gasteiger charge is -2.25. The number of nitrogens with one attached hydrogen (secondary N) is 1. The van der Waals surface area contributed by atoms with Gasteiger partial charge in [-0.15, -0.1) is 0 Å². The highest BCUT2D eigenvalue weighted by atomic mass is 16.5. The molecule has 0 aromatic heterocycles. The largest absolute Gasteiger partial charge is 0.457 e. The van der Waals surface area contributed by atoms with Gasteiger partial charge in [-0.1, -0.05) is 60.7 Å². The van der Waals surface area contributed by atoms with Crippen LogP contribution in [0.2, 0.25) is 0 Å². The van der Waals surface area contributed by atoms with Gasteiger partial charge >= 0.3 is 0 Å². The van der Waals surface area contributed by atoms with E-state index in [2.05, 4.69) is 39.4 Å². The Morgan fingerprint density at radius 1 is 0.722 bits per heavy atom. The van der Waals surface area contributed by atoms with Gasteiger partial charge in [0.25, 0.3) is 0 Å². The van der Waals surface area contributed by atoms with Crippen molar-refractivity contribution in [1.29, 1.82) is 0 Å². The van der Waals surface area contributed by atoms with Crippen molar-refractivity contribution >= 4 is 17.3 Å². The van der Waals surface area contributed by atoms with Crippen molar-refractivity contribution in [3.05, 3.63) is 120 Å². The number of rotatable bonds is 11. The number of anilines is 2. The molecule has 0 aliphatic rings. The highest BCUT2D eigenvalue weighted by Crippen LogP contribution is 2.24. The van der Waals surface area contributed by atoms with E-state index in [9.17, 15) is 4.79 Å². The van der Waals surface area contributed by atoms with Crippen LogP contribution < -0.4 is 19.9 Å². The van der Waals surface area contributed by atoms with E-state index in [1.54, 1.807) is 0 Å². The molecule has 4 aromatic rings. The quantitative estimate of drug-likeness (QED) is 0.290. The Balaban J connectivity index is 1.42. The third-order valence-corrected chi connectivity index (χ3v) is 5.95. The molecule has 0 spiro atoms. The van der Waals surface area contributed by atoms with E-state index in [0.717, 1.165) is 41.4 Å². The molecule has 0 saturated carbocycles. The topological polar surface area (TPSA) is 44.8 Å². The van der Waals surface area contributed by atoms with Crippen LogP contribution in [0, 0.1) is 0 Å². The third-order valence-electron chi connectivity index (χ3n) is 5.95. The van der Waals surface area contributed by atoms with E-state index in [4.69, 9.17) is 4.74 Å². The van der Waals surface area contributed by atoms with Gasteiger partial charge in [-0.25, -0.2) is 0 Å². The molecule has 0 saturated heterocycles. The van der Waals surface area contributed by atoms with Gasteiger partial charge in [0.2, 0.25) is 5.91 Å². The number of hydrogen-bond donors (Lipinski definition) is 1. The summed E-state index contributed by atoms with van der Waals surface area (Å²) in [4.78, 5) is 17.1. The second-order valence-electron chi connectivity index (χ2n) is 8.91. The lowest BCUT2D eigenvalue weighted by Crippen LogP contribution is -2.38. The lowest BCUT2D eigenvalue weighted by atomic mass is 10.1. The summed E-state index contributed by atoms with van der Waals surface area (Å²) in [5, 5.41) is 3.08. The van der Waals surface area contributed by atoms with Gasteiger partial charge in [0.05, 0.1) is 6.54 Å². The number of nitrogens with zero attached hydrogens (tertiary/aromatic N) is 2. The van der Waals surface area contributed by atoms with E-state index in [-0.39, 0.29) is 12.5 Å². The van der Waals surface area contributed by atoms with Crippen LogP contribution in [0.25, 0.3) is 0 Å². The molecule has 184 valence electrons. The zero-order valence-electron chi connectivity index (χ0n) is 20.9. The molecule has 0 heterocycles. The number of amides is 1. The molecule has 5 nitrogen and oxygen atoms in total. The first kappa shape index (κ1) is 24.9. The number of ether oxygens (including phenoxy) is 1. The molecule has 4 aromatic carbocycles. The van der Waals surface area contributed by atoms with Gasteiger partial charge in [-0.2, -0.15) is 0 Å². The lowest BCUT2D eigenvalue weighted by molar-refractivity contribution is -0.119. The molecule has 1 amide bonds. The zero-order chi connectivity index (χ0) is 25.2. The van der Waals surface area contributed by atoms with Gasteiger partial charge in [0, 0.05) is 38.6 Å². The molecule has 4 rings (SSSR count). The first-order valence-corrected chi connectivity index (χ1v) is 12.2. The fraction of sp³-hybridized carbons (Fsp3) is 0.194. The van der Waals surface area contributed by atoms with Crippen LogP contribution in [0.1, 0.15) is 11.1 Å². The van der Waals surface area contributed by atoms with E-state index in [0.29, 0.717) is 6.54 Å². The SMILES string of the molecule is CN(C)c1cccc(CNC(=O)CN(CCc2ccccc2)c2ccc(Oc3ccccc3)cc2)c1. The van der Waals surface area contributed by atoms with Crippen molar-refractivity contribution in [2.45, 2.75) is 13.0 Å². The van der Waals surface area contributed by atoms with Gasteiger partial charge in [-0.3, -0.25) is 4.79 Å². The molecule has 0 unspecified atom stereocenters. The molecule has 0 aliphatic heterocycles. The van der Waals surface area contributed by atoms with Crippen LogP contribution in [-0.2, 0) is 17.8 Å². The Morgan fingerprint density at radius 2 is 1.36 bits per heavy atom. The molecule has 0 aliphatic carbocycles. The molecule has 0 bridgehead atoms. The predicted octanol–water partition coefficient (Wildman–Crippen LogP) is 5.91. The summed E-state index contributed by atoms with van der Waals surface area (Å²) in [5.74, 6) is 1.55. The molecule has 0 radical (unpaired) electrons. The molecule has 0 fully saturated rings. The van der Waals surface area contributed by atoms with Gasteiger partial charge in [0.1, 0.15) is 11.5 Å². The van der Waals surface area contributed by atoms with Gasteiger partial charge < -0.3 is 19.9 Å². The number of carbonyl (C=O) groups is 1. The van der Waals surface area contributed by atoms with Crippen molar-refractivity contribution < 1.29 is 9.53 Å². The zero-order valence-corrected chi connectivity index (χ0v) is 20.9. The Labute approximate surface area is 214 Å². The molecule has 36 heavy (non-hydrogen) atoms. The minimum atomic E-state index is -0.0112. The summed E-state index contributed by atoms with van der Waals surface area (Å²) in [6.07, 6.45) is 0.848. The summed E-state index contributed by atoms with van der Waals surface area (Å²) in [6.45, 7) is 1.50. The molecule has 0 atom stereocenters. The monoisotopic (exact) mass is 479 g/mol. The molecular weight excluding hydrogens is 446 g/mol. The van der Waals surface area contributed by atoms with Crippen molar-refractivity contribution in [2.75, 3.05) is 37.0 Å². The maximum atomic E-state index is 13.0. The van der Waals surface area contributed by atoms with E-state index < -0.39 is 0 Å². The maximum Gasteiger partial charge on any atom is 0.239 e. The van der Waals surface area contributed by atoms with Crippen molar-refractivity contribution in [1.82, 2.24) is 5.32 Å². The summed E-state index contributed by atoms with van der Waals surface area (Å²) in [5.41, 5.74) is 4.42. The highest BCUT2D eigenvalue weighted by Gasteiger charge is 2.13. The van der Waals surface area contributed by atoms with Crippen LogP contribution >= 0.6 is 0 Å². The second-order valence-corrected chi connectivity index (χ2v) is 8.91. The standard InChI is InChI=1S/C31H33N3O2/c1-33(2)28-13-9-12-26(22-28)23-32-31(35)24-34(21-20-25-10-5-3-6-11-25)27-16-18-30(19-17-27)36-29-14-7-4-8-15-29/h3-19,22H,20-21,23-24H2,1-2H3,(H,32,35). The second kappa shape index (κ2) is 12.5. The summed E-state index contributed by atoms with van der Waals surface area (Å²) in [7, 11) is 4.02. The van der Waals surface area contributed by atoms with E-state index in [1.807, 2.05) is 99.0 Å². The first-order valence-electron chi connectivity index (χ1n) is 12.2. The Hall–Kier alpha value is -4.25. The first-order chi connectivity index (χ1) is 17.6. The number of hydrogen-bond acceptors (Lipinski definition) is 4. The van der Waals surface area contributed by atoms with Crippen molar-refractivity contribution in [3.63, 3.8) is 0 Å². The van der Waals surface area contributed by atoms with Crippen LogP contribution in [0.15, 0.2) is 109 Å². The fourth-order valence-corrected chi connectivity index (χ4v) is 3.93. The Morgan fingerprint density at radius 3 is 2.06 bits per heavy atom. The number of benzene rings is 4. The normalized spacial score (nSPS) is 10.5. The summed E-state index contributed by atoms with van der Waals surface area (Å²) in [6, 6.07) is 36.2. The summed E-state index contributed by atoms with van der Waals surface area (Å²) >= 11 is 0. The van der Waals surface area contributed by atoms with Crippen LogP contribution in [0.4, 0.5) is 11.4 Å². The minimum Gasteiger partial charge on any atom is -0.457 e. The minimum absolute atomic E-state index is 0.0112. The molecular formula is C31H33N3O2. The van der Waals surface area contributed by atoms with Crippen LogP contribution in [-0.4, -0.2) is 33.1 Å². The van der Waals surface area contributed by atoms with E-state index >= 15 is 0 Å². The smallest absolute Gasteiger partial charge is 0.239 e. The third kappa shape index (κ3) is 7.37. The van der Waals surface area contributed by atoms with Crippen LogP contribution in [0.5, 0.6) is 11.5 Å². The van der Waals surface area contributed by atoms with Crippen molar-refractivity contribution in [3.8, 4) is 11.5 Å². The molecule has 1 N–H and O–H groups in total. The van der Waals surface area contributed by atoms with Crippen molar-refractivity contribution in [2.24, 2.45) is 0 Å². The van der Waals surface area contributed by atoms with Gasteiger partial charge in [-0.05, 0) is 66.1 Å². The number of para-hydroxylation sites is 1. The Kier molecular flexibility index (Phi) is 8.60. The number of carbonyl (C=O) groups excluding carboxylic acids is 1. The Bertz CT molecular complexity index is 1230. The predicted molar refractivity (Wildman–Crippen MR) is 148 cm³/mol. The highest BCUT2D eigenvalue weighted by molar-refractivity contribution is 5.81. The molecule has 5 heteroatoms. The van der Waals surface area contributed by atoms with Gasteiger partial charge in [0.15, 0.2) is 0 Å². The van der Waals surface area contributed by atoms with E-state index in [1.165, 1.54) is 5.56 Å². The van der Waals surface area contributed by atoms with Crippen LogP contribution in [0.3, 0.4) is 0 Å². The average Bonchev–Trinajstić information content (AvgIpc) is 2.92. The average molecular weight is 480 g/mol.